The number of aromatic nitrogens is 5. The van der Waals surface area contributed by atoms with E-state index in [1.165, 1.54) is 0 Å². The molecule has 0 aliphatic carbocycles. The summed E-state index contributed by atoms with van der Waals surface area (Å²) >= 11 is 1.58. The molecule has 1 aromatic carbocycles. The highest BCUT2D eigenvalue weighted by molar-refractivity contribution is 7.16. The molecule has 152 valence electrons. The molecule has 1 amide bonds. The molecule has 0 saturated carbocycles. The molecule has 8 nitrogen and oxygen atoms in total. The minimum absolute atomic E-state index is 0.228. The lowest BCUT2D eigenvalue weighted by molar-refractivity contribution is 0.102. The molecule has 30 heavy (non-hydrogen) atoms. The van der Waals surface area contributed by atoms with Crippen LogP contribution in [0.3, 0.4) is 0 Å². The van der Waals surface area contributed by atoms with Crippen molar-refractivity contribution in [3.63, 3.8) is 0 Å². The van der Waals surface area contributed by atoms with Gasteiger partial charge in [0.2, 0.25) is 0 Å². The first-order valence-electron chi connectivity index (χ1n) is 9.96. The van der Waals surface area contributed by atoms with Gasteiger partial charge in [-0.05, 0) is 56.3 Å². The standard InChI is InChI=1S/C21H21N7OS/c29-21(25-15-4-5-18-17(11-15)24-13-30-18)19-20(14-6-9-22-10-7-14)28(27-26-19)12-16-3-1-2-8-23-16/h1-5,8,11,13-14,22H,6-7,9-10,12H2,(H,25,29). The SMILES string of the molecule is O=C(Nc1ccc2scnc2c1)c1nnn(Cc2ccccn2)c1C1CCNCC1. The van der Waals surface area contributed by atoms with Crippen molar-refractivity contribution in [3.8, 4) is 0 Å². The Hall–Kier alpha value is -3.17. The topological polar surface area (TPSA) is 97.6 Å². The average molecular weight is 420 g/mol. The first-order valence-corrected chi connectivity index (χ1v) is 10.8. The number of rotatable bonds is 5. The molecule has 0 radical (unpaired) electrons. The molecule has 5 rings (SSSR count). The Morgan fingerprint density at radius 3 is 2.93 bits per heavy atom. The molecule has 0 atom stereocenters. The zero-order chi connectivity index (χ0) is 20.3. The highest BCUT2D eigenvalue weighted by Gasteiger charge is 2.28. The number of carbonyl (C=O) groups excluding carboxylic acids is 1. The minimum atomic E-state index is -0.245. The first kappa shape index (κ1) is 18.8. The van der Waals surface area contributed by atoms with Crippen LogP contribution in [0, 0.1) is 0 Å². The van der Waals surface area contributed by atoms with E-state index in [4.69, 9.17) is 0 Å². The molecular weight excluding hydrogens is 398 g/mol. The van der Waals surface area contributed by atoms with Crippen LogP contribution >= 0.6 is 11.3 Å². The molecule has 9 heteroatoms. The molecule has 1 fully saturated rings. The van der Waals surface area contributed by atoms with E-state index in [0.29, 0.717) is 17.9 Å². The quantitative estimate of drug-likeness (QED) is 0.516. The largest absolute Gasteiger partial charge is 0.320 e. The minimum Gasteiger partial charge on any atom is -0.320 e. The summed E-state index contributed by atoms with van der Waals surface area (Å²) < 4.78 is 2.92. The number of fused-ring (bicyclic) bond motifs is 1. The van der Waals surface area contributed by atoms with Crippen molar-refractivity contribution in [2.75, 3.05) is 18.4 Å². The molecule has 0 spiro atoms. The molecule has 1 aliphatic heterocycles. The summed E-state index contributed by atoms with van der Waals surface area (Å²) in [4.78, 5) is 21.9. The van der Waals surface area contributed by atoms with Gasteiger partial charge in [-0.2, -0.15) is 0 Å². The number of pyridine rings is 1. The maximum atomic E-state index is 13.1. The second-order valence-corrected chi connectivity index (χ2v) is 8.20. The summed E-state index contributed by atoms with van der Waals surface area (Å²) in [5, 5.41) is 15.0. The van der Waals surface area contributed by atoms with E-state index in [-0.39, 0.29) is 11.8 Å². The lowest BCUT2D eigenvalue weighted by atomic mass is 9.92. The Kier molecular flexibility index (Phi) is 5.20. The number of piperidine rings is 1. The van der Waals surface area contributed by atoms with Crippen molar-refractivity contribution in [3.05, 3.63) is 65.2 Å². The van der Waals surface area contributed by atoms with E-state index in [9.17, 15) is 4.79 Å². The summed E-state index contributed by atoms with van der Waals surface area (Å²) in [5.41, 5.74) is 5.53. The maximum Gasteiger partial charge on any atom is 0.278 e. The zero-order valence-electron chi connectivity index (χ0n) is 16.3. The summed E-state index contributed by atoms with van der Waals surface area (Å²) in [6.07, 6.45) is 3.65. The third kappa shape index (κ3) is 3.81. The Balaban J connectivity index is 1.45. The number of nitrogens with one attached hydrogen (secondary N) is 2. The number of nitrogens with zero attached hydrogens (tertiary/aromatic N) is 5. The van der Waals surface area contributed by atoms with Gasteiger partial charge in [0.1, 0.15) is 0 Å². The van der Waals surface area contributed by atoms with Gasteiger partial charge < -0.3 is 10.6 Å². The van der Waals surface area contributed by atoms with E-state index in [1.54, 1.807) is 23.0 Å². The van der Waals surface area contributed by atoms with Crippen LogP contribution in [-0.4, -0.2) is 44.0 Å². The van der Waals surface area contributed by atoms with E-state index in [1.807, 2.05) is 41.1 Å². The molecule has 4 heterocycles. The van der Waals surface area contributed by atoms with Crippen molar-refractivity contribution >= 4 is 33.1 Å². The second kappa shape index (κ2) is 8.29. The van der Waals surface area contributed by atoms with Crippen molar-refractivity contribution < 1.29 is 4.79 Å². The smallest absolute Gasteiger partial charge is 0.278 e. The van der Waals surface area contributed by atoms with Crippen molar-refractivity contribution in [1.29, 1.82) is 0 Å². The van der Waals surface area contributed by atoms with Crippen LogP contribution in [-0.2, 0) is 6.54 Å². The molecular formula is C21H21N7OS. The number of hydrogen-bond donors (Lipinski definition) is 2. The Labute approximate surface area is 177 Å². The van der Waals surface area contributed by atoms with Gasteiger partial charge in [0, 0.05) is 17.8 Å². The van der Waals surface area contributed by atoms with Crippen LogP contribution in [0.15, 0.2) is 48.1 Å². The number of thiazole rings is 1. The fourth-order valence-electron chi connectivity index (χ4n) is 3.87. The molecule has 0 unspecified atom stereocenters. The summed E-state index contributed by atoms with van der Waals surface area (Å²) in [6, 6.07) is 11.5. The van der Waals surface area contributed by atoms with Gasteiger partial charge >= 0.3 is 0 Å². The molecule has 3 aromatic heterocycles. The van der Waals surface area contributed by atoms with Gasteiger partial charge in [0.25, 0.3) is 5.91 Å². The van der Waals surface area contributed by atoms with Gasteiger partial charge in [-0.25, -0.2) is 9.67 Å². The fraction of sp³-hybridized carbons (Fsp3) is 0.286. The Morgan fingerprint density at radius 1 is 1.20 bits per heavy atom. The van der Waals surface area contributed by atoms with Crippen LogP contribution in [0.25, 0.3) is 10.2 Å². The average Bonchev–Trinajstić information content (AvgIpc) is 3.42. The Morgan fingerprint density at radius 2 is 2.10 bits per heavy atom. The van der Waals surface area contributed by atoms with Gasteiger partial charge in [-0.3, -0.25) is 9.78 Å². The fourth-order valence-corrected chi connectivity index (χ4v) is 4.53. The second-order valence-electron chi connectivity index (χ2n) is 7.32. The highest BCUT2D eigenvalue weighted by atomic mass is 32.1. The molecule has 0 bridgehead atoms. The van der Waals surface area contributed by atoms with Crippen LogP contribution < -0.4 is 10.6 Å². The van der Waals surface area contributed by atoms with Gasteiger partial charge in [0.05, 0.1) is 33.7 Å². The summed E-state index contributed by atoms with van der Waals surface area (Å²) in [6.45, 7) is 2.33. The number of carbonyl (C=O) groups is 1. The predicted molar refractivity (Wildman–Crippen MR) is 116 cm³/mol. The summed E-state index contributed by atoms with van der Waals surface area (Å²) in [5.74, 6) is -0.0166. The number of benzene rings is 1. The molecule has 2 N–H and O–H groups in total. The maximum absolute atomic E-state index is 13.1. The highest BCUT2D eigenvalue weighted by Crippen LogP contribution is 2.28. The number of hydrogen-bond acceptors (Lipinski definition) is 7. The number of amides is 1. The van der Waals surface area contributed by atoms with Crippen molar-refractivity contribution in [1.82, 2.24) is 30.3 Å². The van der Waals surface area contributed by atoms with Crippen LogP contribution in [0.4, 0.5) is 5.69 Å². The Bertz CT molecular complexity index is 1160. The monoisotopic (exact) mass is 419 g/mol. The van der Waals surface area contributed by atoms with Crippen molar-refractivity contribution in [2.45, 2.75) is 25.3 Å². The number of anilines is 1. The van der Waals surface area contributed by atoms with E-state index < -0.39 is 0 Å². The van der Waals surface area contributed by atoms with Gasteiger partial charge in [-0.1, -0.05) is 11.3 Å². The normalized spacial score (nSPS) is 14.8. The predicted octanol–water partition coefficient (Wildman–Crippen LogP) is 3.05. The lowest BCUT2D eigenvalue weighted by Crippen LogP contribution is -2.29. The molecule has 1 saturated heterocycles. The van der Waals surface area contributed by atoms with Crippen LogP contribution in [0.2, 0.25) is 0 Å². The zero-order valence-corrected chi connectivity index (χ0v) is 17.1. The molecule has 4 aromatic rings. The van der Waals surface area contributed by atoms with Gasteiger partial charge in [-0.15, -0.1) is 16.4 Å². The van der Waals surface area contributed by atoms with Crippen LogP contribution in [0.1, 0.15) is 40.6 Å². The van der Waals surface area contributed by atoms with E-state index >= 15 is 0 Å². The van der Waals surface area contributed by atoms with Gasteiger partial charge in [0.15, 0.2) is 5.69 Å². The van der Waals surface area contributed by atoms with Crippen LogP contribution in [0.5, 0.6) is 0 Å². The molecule has 1 aliphatic rings. The summed E-state index contributed by atoms with van der Waals surface area (Å²) in [7, 11) is 0. The third-order valence-electron chi connectivity index (χ3n) is 5.34. The van der Waals surface area contributed by atoms with Crippen molar-refractivity contribution in [2.24, 2.45) is 0 Å². The van der Waals surface area contributed by atoms with E-state index in [0.717, 1.165) is 47.5 Å². The first-order chi connectivity index (χ1) is 14.8. The lowest BCUT2D eigenvalue weighted by Gasteiger charge is -2.23. The van der Waals surface area contributed by atoms with E-state index in [2.05, 4.69) is 30.9 Å². The third-order valence-corrected chi connectivity index (χ3v) is 6.15.